The van der Waals surface area contributed by atoms with Crippen LogP contribution in [0.5, 0.6) is 0 Å². The lowest BCUT2D eigenvalue weighted by Gasteiger charge is -2.31. The van der Waals surface area contributed by atoms with Gasteiger partial charge in [-0.1, -0.05) is 98.3 Å². The zero-order valence-corrected chi connectivity index (χ0v) is 22.9. The van der Waals surface area contributed by atoms with E-state index in [1.807, 2.05) is 104 Å². The van der Waals surface area contributed by atoms with Crippen molar-refractivity contribution in [1.82, 2.24) is 15.2 Å². The summed E-state index contributed by atoms with van der Waals surface area (Å²) in [5.74, 6) is -3.62. The SMILES string of the molecule is CCCCN1C(=O)C2C(c3ccc(C=Cc4ccccc4)cc3)NC(Cc3c[nH]c4ccccc34)(C(=O)O)C2C1=O. The Balaban J connectivity index is 1.38. The molecule has 0 bridgehead atoms. The summed E-state index contributed by atoms with van der Waals surface area (Å²) in [5, 5.41) is 15.0. The number of amides is 2. The number of unbranched alkanes of at least 4 members (excludes halogenated alkanes) is 1. The van der Waals surface area contributed by atoms with Gasteiger partial charge in [0.05, 0.1) is 11.8 Å². The van der Waals surface area contributed by atoms with Crippen LogP contribution in [0.3, 0.4) is 0 Å². The fourth-order valence-corrected chi connectivity index (χ4v) is 6.47. The number of aliphatic carboxylic acids is 1. The maximum atomic E-state index is 13.9. The maximum Gasteiger partial charge on any atom is 0.325 e. The quantitative estimate of drug-likeness (QED) is 0.191. The number of para-hydroxylation sites is 1. The molecular weight excluding hydrogens is 514 g/mol. The lowest BCUT2D eigenvalue weighted by atomic mass is 9.76. The summed E-state index contributed by atoms with van der Waals surface area (Å²) < 4.78 is 0. The number of aromatic amines is 1. The number of fused-ring (bicyclic) bond motifs is 2. The van der Waals surface area contributed by atoms with Crippen molar-refractivity contribution in [2.24, 2.45) is 11.8 Å². The first-order valence-corrected chi connectivity index (χ1v) is 14.2. The molecule has 0 spiro atoms. The van der Waals surface area contributed by atoms with Crippen molar-refractivity contribution in [3.63, 3.8) is 0 Å². The van der Waals surface area contributed by atoms with Crippen LogP contribution in [0.2, 0.25) is 0 Å². The molecule has 2 saturated heterocycles. The zero-order valence-electron chi connectivity index (χ0n) is 22.9. The topological polar surface area (TPSA) is 102 Å². The van der Waals surface area contributed by atoms with Gasteiger partial charge in [0.1, 0.15) is 5.54 Å². The molecule has 2 fully saturated rings. The van der Waals surface area contributed by atoms with Crippen LogP contribution in [0.25, 0.3) is 23.1 Å². The summed E-state index contributed by atoms with van der Waals surface area (Å²) in [6, 6.07) is 24.9. The van der Waals surface area contributed by atoms with Gasteiger partial charge in [-0.05, 0) is 34.7 Å². The lowest BCUT2D eigenvalue weighted by molar-refractivity contribution is -0.151. The molecule has 0 radical (unpaired) electrons. The number of benzene rings is 3. The predicted octanol–water partition coefficient (Wildman–Crippen LogP) is 5.45. The van der Waals surface area contributed by atoms with Crippen LogP contribution in [0.4, 0.5) is 0 Å². The van der Waals surface area contributed by atoms with E-state index in [0.29, 0.717) is 13.0 Å². The van der Waals surface area contributed by atoms with E-state index < -0.39 is 35.3 Å². The standard InChI is InChI=1S/C34H33N3O4/c1-2-3-19-37-31(38)28-29(32(37)39)34(33(40)41,20-25-21-35-27-12-8-7-11-26(25)27)36-30(28)24-17-15-23(16-18-24)14-13-22-9-5-4-6-10-22/h4-18,21,28-30,35-36H,2-3,19-20H2,1H3,(H,40,41). The van der Waals surface area contributed by atoms with Crippen LogP contribution in [0.15, 0.2) is 85.1 Å². The molecule has 7 nitrogen and oxygen atoms in total. The number of carbonyl (C=O) groups is 3. The molecule has 3 aromatic carbocycles. The first kappa shape index (κ1) is 26.7. The van der Waals surface area contributed by atoms with E-state index in [4.69, 9.17) is 0 Å². The summed E-state index contributed by atoms with van der Waals surface area (Å²) in [4.78, 5) is 45.4. The number of nitrogens with zero attached hydrogens (tertiary/aromatic N) is 1. The zero-order chi connectivity index (χ0) is 28.6. The molecule has 6 rings (SSSR count). The Morgan fingerprint density at radius 2 is 1.61 bits per heavy atom. The van der Waals surface area contributed by atoms with E-state index in [2.05, 4.69) is 10.3 Å². The minimum absolute atomic E-state index is 0.0720. The molecular formula is C34H33N3O4. The minimum atomic E-state index is -1.64. The second-order valence-electron chi connectivity index (χ2n) is 11.0. The average Bonchev–Trinajstić information content (AvgIpc) is 3.64. The van der Waals surface area contributed by atoms with Gasteiger partial charge in [-0.2, -0.15) is 0 Å². The lowest BCUT2D eigenvalue weighted by Crippen LogP contribution is -2.57. The van der Waals surface area contributed by atoms with Crippen molar-refractivity contribution in [1.29, 1.82) is 0 Å². The molecule has 1 aromatic heterocycles. The molecule has 4 aromatic rings. The number of carboxylic acids is 1. The summed E-state index contributed by atoms with van der Waals surface area (Å²) in [6.07, 6.45) is 7.43. The molecule has 2 aliphatic rings. The molecule has 4 atom stereocenters. The molecule has 208 valence electrons. The second kappa shape index (κ2) is 10.8. The molecule has 41 heavy (non-hydrogen) atoms. The molecule has 7 heteroatoms. The molecule has 0 aliphatic carbocycles. The van der Waals surface area contributed by atoms with Crippen molar-refractivity contribution in [3.8, 4) is 0 Å². The Morgan fingerprint density at radius 1 is 0.927 bits per heavy atom. The smallest absolute Gasteiger partial charge is 0.325 e. The number of likely N-dealkylation sites (tertiary alicyclic amines) is 1. The fourth-order valence-electron chi connectivity index (χ4n) is 6.47. The monoisotopic (exact) mass is 547 g/mol. The van der Waals surface area contributed by atoms with Crippen molar-refractivity contribution in [3.05, 3.63) is 107 Å². The average molecular weight is 548 g/mol. The van der Waals surface area contributed by atoms with Crippen molar-refractivity contribution in [2.75, 3.05) is 6.54 Å². The molecule has 0 saturated carbocycles. The van der Waals surface area contributed by atoms with Gasteiger partial charge in [-0.3, -0.25) is 24.6 Å². The third-order valence-corrected chi connectivity index (χ3v) is 8.57. The number of H-pyrrole nitrogens is 1. The molecule has 2 amide bonds. The van der Waals surface area contributed by atoms with Gasteiger partial charge < -0.3 is 10.1 Å². The number of hydrogen-bond acceptors (Lipinski definition) is 4. The van der Waals surface area contributed by atoms with Crippen LogP contribution in [0.1, 0.15) is 48.1 Å². The normalized spacial score (nSPS) is 24.0. The highest BCUT2D eigenvalue weighted by molar-refractivity contribution is 6.09. The molecule has 3 N–H and O–H groups in total. The second-order valence-corrected chi connectivity index (χ2v) is 11.0. The van der Waals surface area contributed by atoms with Crippen LogP contribution in [-0.2, 0) is 20.8 Å². The van der Waals surface area contributed by atoms with Crippen LogP contribution < -0.4 is 5.32 Å². The highest BCUT2D eigenvalue weighted by Crippen LogP contribution is 2.50. The first-order valence-electron chi connectivity index (χ1n) is 14.2. The Hall–Kier alpha value is -4.49. The first-order chi connectivity index (χ1) is 19.9. The van der Waals surface area contributed by atoms with E-state index >= 15 is 0 Å². The van der Waals surface area contributed by atoms with Gasteiger partial charge in [0.2, 0.25) is 11.8 Å². The van der Waals surface area contributed by atoms with Gasteiger partial charge in [0.15, 0.2) is 0 Å². The number of rotatable bonds is 9. The summed E-state index contributed by atoms with van der Waals surface area (Å²) in [6.45, 7) is 2.31. The number of carbonyl (C=O) groups excluding carboxylic acids is 2. The maximum absolute atomic E-state index is 13.9. The van der Waals surface area contributed by atoms with Crippen LogP contribution in [0, 0.1) is 11.8 Å². The summed E-state index contributed by atoms with van der Waals surface area (Å²) in [5.41, 5.74) is 2.91. The highest BCUT2D eigenvalue weighted by atomic mass is 16.4. The minimum Gasteiger partial charge on any atom is -0.480 e. The Labute approximate surface area is 238 Å². The van der Waals surface area contributed by atoms with Crippen molar-refractivity contribution >= 4 is 40.8 Å². The highest BCUT2D eigenvalue weighted by Gasteiger charge is 2.68. The van der Waals surface area contributed by atoms with Gasteiger partial charge in [-0.25, -0.2) is 0 Å². The van der Waals surface area contributed by atoms with Gasteiger partial charge >= 0.3 is 5.97 Å². The number of nitrogens with one attached hydrogen (secondary N) is 2. The van der Waals surface area contributed by atoms with Crippen molar-refractivity contribution in [2.45, 2.75) is 37.8 Å². The van der Waals surface area contributed by atoms with E-state index in [9.17, 15) is 19.5 Å². The number of aromatic nitrogens is 1. The third-order valence-electron chi connectivity index (χ3n) is 8.57. The molecule has 2 aliphatic heterocycles. The van der Waals surface area contributed by atoms with E-state index in [0.717, 1.165) is 39.6 Å². The van der Waals surface area contributed by atoms with Crippen LogP contribution >= 0.6 is 0 Å². The predicted molar refractivity (Wildman–Crippen MR) is 159 cm³/mol. The number of hydrogen-bond donors (Lipinski definition) is 3. The van der Waals surface area contributed by atoms with Crippen LogP contribution in [-0.4, -0.2) is 44.9 Å². The van der Waals surface area contributed by atoms with E-state index in [1.54, 1.807) is 0 Å². The van der Waals surface area contributed by atoms with Gasteiger partial charge in [0.25, 0.3) is 0 Å². The molecule has 3 heterocycles. The Morgan fingerprint density at radius 3 is 2.32 bits per heavy atom. The fraction of sp³-hybridized carbons (Fsp3) is 0.265. The number of imide groups is 1. The number of carboxylic acid groups (broad SMARTS) is 1. The molecule has 4 unspecified atom stereocenters. The van der Waals surface area contributed by atoms with Gasteiger partial charge in [0, 0.05) is 36.1 Å². The largest absolute Gasteiger partial charge is 0.480 e. The van der Waals surface area contributed by atoms with Crippen molar-refractivity contribution < 1.29 is 19.5 Å². The third kappa shape index (κ3) is 4.66. The summed E-state index contributed by atoms with van der Waals surface area (Å²) in [7, 11) is 0. The summed E-state index contributed by atoms with van der Waals surface area (Å²) >= 11 is 0. The van der Waals surface area contributed by atoms with E-state index in [1.165, 1.54) is 4.90 Å². The Bertz CT molecular complexity index is 1620. The Kier molecular flexibility index (Phi) is 7.05. The van der Waals surface area contributed by atoms with Gasteiger partial charge in [-0.15, -0.1) is 0 Å². The van der Waals surface area contributed by atoms with E-state index in [-0.39, 0.29) is 12.3 Å².